The molecule has 0 fully saturated rings. The first kappa shape index (κ1) is 13.2. The van der Waals surface area contributed by atoms with Crippen LogP contribution in [0.4, 0.5) is 0 Å². The molecule has 1 atom stereocenters. The summed E-state index contributed by atoms with van der Waals surface area (Å²) in [6.07, 6.45) is 3.71. The van der Waals surface area contributed by atoms with Crippen LogP contribution in [0.3, 0.4) is 0 Å². The molecule has 0 bridgehead atoms. The standard InChI is InChI=1S/C12H24N4/c1-6-13-10(8-12(2,3)4)7-11-14-9-15-16(11)5/h9-10,13H,6-8H2,1-5H3. The molecule has 16 heavy (non-hydrogen) atoms. The van der Waals surface area contributed by atoms with Gasteiger partial charge >= 0.3 is 0 Å². The molecule has 0 saturated carbocycles. The first-order valence-corrected chi connectivity index (χ1v) is 5.98. The second-order valence-corrected chi connectivity index (χ2v) is 5.52. The Balaban J connectivity index is 2.61. The Morgan fingerprint density at radius 3 is 2.56 bits per heavy atom. The molecule has 4 nitrogen and oxygen atoms in total. The number of aromatic nitrogens is 3. The maximum absolute atomic E-state index is 4.28. The summed E-state index contributed by atoms with van der Waals surface area (Å²) in [4.78, 5) is 4.28. The molecule has 1 aromatic rings. The highest BCUT2D eigenvalue weighted by Gasteiger charge is 2.19. The summed E-state index contributed by atoms with van der Waals surface area (Å²) in [5.74, 6) is 1.05. The van der Waals surface area contributed by atoms with Crippen molar-refractivity contribution < 1.29 is 0 Å². The Morgan fingerprint density at radius 2 is 2.12 bits per heavy atom. The van der Waals surface area contributed by atoms with Crippen molar-refractivity contribution in [2.75, 3.05) is 6.54 Å². The molecule has 1 unspecified atom stereocenters. The van der Waals surface area contributed by atoms with Crippen LogP contribution in [0, 0.1) is 5.41 Å². The molecule has 0 aromatic carbocycles. The van der Waals surface area contributed by atoms with Crippen LogP contribution in [0.2, 0.25) is 0 Å². The van der Waals surface area contributed by atoms with E-state index in [1.807, 2.05) is 11.7 Å². The van der Waals surface area contributed by atoms with Gasteiger partial charge in [-0.25, -0.2) is 4.98 Å². The zero-order valence-corrected chi connectivity index (χ0v) is 11.1. The largest absolute Gasteiger partial charge is 0.314 e. The van der Waals surface area contributed by atoms with Gasteiger partial charge in [-0.15, -0.1) is 0 Å². The van der Waals surface area contributed by atoms with Crippen LogP contribution >= 0.6 is 0 Å². The summed E-state index contributed by atoms with van der Waals surface area (Å²) in [5, 5.41) is 7.63. The topological polar surface area (TPSA) is 42.7 Å². The van der Waals surface area contributed by atoms with Crippen molar-refractivity contribution in [2.24, 2.45) is 12.5 Å². The van der Waals surface area contributed by atoms with Gasteiger partial charge in [0.2, 0.25) is 0 Å². The molecule has 4 heteroatoms. The number of nitrogens with zero attached hydrogens (tertiary/aromatic N) is 3. The van der Waals surface area contributed by atoms with Gasteiger partial charge < -0.3 is 5.32 Å². The minimum atomic E-state index is 0.339. The van der Waals surface area contributed by atoms with Gasteiger partial charge in [-0.05, 0) is 18.4 Å². The molecule has 0 spiro atoms. The zero-order chi connectivity index (χ0) is 12.2. The smallest absolute Gasteiger partial charge is 0.138 e. The van der Waals surface area contributed by atoms with Crippen LogP contribution < -0.4 is 5.32 Å². The fourth-order valence-electron chi connectivity index (χ4n) is 1.97. The van der Waals surface area contributed by atoms with Crippen LogP contribution in [0.5, 0.6) is 0 Å². The third kappa shape index (κ3) is 4.31. The quantitative estimate of drug-likeness (QED) is 0.829. The van der Waals surface area contributed by atoms with E-state index in [1.54, 1.807) is 6.33 Å². The molecular formula is C12H24N4. The Hall–Kier alpha value is -0.900. The molecule has 0 aliphatic carbocycles. The number of rotatable bonds is 5. The van der Waals surface area contributed by atoms with Crippen molar-refractivity contribution in [3.63, 3.8) is 0 Å². The van der Waals surface area contributed by atoms with E-state index in [4.69, 9.17) is 0 Å². The van der Waals surface area contributed by atoms with Crippen molar-refractivity contribution in [1.29, 1.82) is 0 Å². The summed E-state index contributed by atoms with van der Waals surface area (Å²) in [6.45, 7) is 9.96. The van der Waals surface area contributed by atoms with E-state index in [0.29, 0.717) is 11.5 Å². The summed E-state index contributed by atoms with van der Waals surface area (Å²) in [7, 11) is 1.95. The lowest BCUT2D eigenvalue weighted by Crippen LogP contribution is -2.35. The maximum atomic E-state index is 4.28. The zero-order valence-electron chi connectivity index (χ0n) is 11.1. The molecule has 1 heterocycles. The Bertz CT molecular complexity index is 311. The Morgan fingerprint density at radius 1 is 1.44 bits per heavy atom. The summed E-state index contributed by atoms with van der Waals surface area (Å²) < 4.78 is 1.85. The molecule has 0 aliphatic heterocycles. The van der Waals surface area contributed by atoms with Gasteiger partial charge in [-0.3, -0.25) is 4.68 Å². The number of hydrogen-bond acceptors (Lipinski definition) is 3. The fraction of sp³-hybridized carbons (Fsp3) is 0.833. The molecule has 0 amide bonds. The molecule has 0 radical (unpaired) electrons. The summed E-state index contributed by atoms with van der Waals surface area (Å²) in [5.41, 5.74) is 0.339. The van der Waals surface area contributed by atoms with Crippen LogP contribution in [-0.4, -0.2) is 27.4 Å². The fourth-order valence-corrected chi connectivity index (χ4v) is 1.97. The minimum absolute atomic E-state index is 0.339. The van der Waals surface area contributed by atoms with E-state index < -0.39 is 0 Å². The van der Waals surface area contributed by atoms with Crippen molar-refractivity contribution in [2.45, 2.75) is 46.6 Å². The monoisotopic (exact) mass is 224 g/mol. The van der Waals surface area contributed by atoms with Gasteiger partial charge in [0.05, 0.1) is 0 Å². The van der Waals surface area contributed by atoms with E-state index >= 15 is 0 Å². The third-order valence-electron chi connectivity index (χ3n) is 2.59. The predicted octanol–water partition coefficient (Wildman–Crippen LogP) is 1.77. The summed E-state index contributed by atoms with van der Waals surface area (Å²) >= 11 is 0. The molecular weight excluding hydrogens is 200 g/mol. The highest BCUT2D eigenvalue weighted by atomic mass is 15.3. The highest BCUT2D eigenvalue weighted by Crippen LogP contribution is 2.22. The van der Waals surface area contributed by atoms with Crippen LogP contribution in [0.15, 0.2) is 6.33 Å². The number of nitrogens with one attached hydrogen (secondary N) is 1. The predicted molar refractivity (Wildman–Crippen MR) is 66.2 cm³/mol. The van der Waals surface area contributed by atoms with Gasteiger partial charge in [0, 0.05) is 19.5 Å². The van der Waals surface area contributed by atoms with Gasteiger partial charge in [0.15, 0.2) is 0 Å². The first-order chi connectivity index (χ1) is 7.42. The highest BCUT2D eigenvalue weighted by molar-refractivity contribution is 4.90. The number of likely N-dealkylation sites (N-methyl/N-ethyl adjacent to an activating group) is 1. The van der Waals surface area contributed by atoms with Crippen molar-refractivity contribution >= 4 is 0 Å². The van der Waals surface area contributed by atoms with E-state index in [9.17, 15) is 0 Å². The Kier molecular flexibility index (Phi) is 4.47. The minimum Gasteiger partial charge on any atom is -0.314 e. The lowest BCUT2D eigenvalue weighted by Gasteiger charge is -2.26. The maximum Gasteiger partial charge on any atom is 0.138 e. The SMILES string of the molecule is CCNC(Cc1ncnn1C)CC(C)(C)C. The van der Waals surface area contributed by atoms with Gasteiger partial charge in [0.1, 0.15) is 12.2 Å². The number of hydrogen-bond donors (Lipinski definition) is 1. The molecule has 0 saturated heterocycles. The van der Waals surface area contributed by atoms with Crippen molar-refractivity contribution in [3.8, 4) is 0 Å². The van der Waals surface area contributed by atoms with Gasteiger partial charge in [-0.1, -0.05) is 27.7 Å². The lowest BCUT2D eigenvalue weighted by molar-refractivity contribution is 0.305. The van der Waals surface area contributed by atoms with E-state index in [-0.39, 0.29) is 0 Å². The second-order valence-electron chi connectivity index (χ2n) is 5.52. The lowest BCUT2D eigenvalue weighted by atomic mass is 9.87. The summed E-state index contributed by atoms with van der Waals surface area (Å²) in [6, 6.07) is 0.480. The van der Waals surface area contributed by atoms with E-state index in [0.717, 1.165) is 25.2 Å². The molecule has 92 valence electrons. The van der Waals surface area contributed by atoms with Crippen molar-refractivity contribution in [3.05, 3.63) is 12.2 Å². The molecule has 1 aromatic heterocycles. The van der Waals surface area contributed by atoms with E-state index in [2.05, 4.69) is 43.1 Å². The van der Waals surface area contributed by atoms with Gasteiger partial charge in [-0.2, -0.15) is 5.10 Å². The normalized spacial score (nSPS) is 14.1. The first-order valence-electron chi connectivity index (χ1n) is 5.98. The Labute approximate surface area is 98.5 Å². The van der Waals surface area contributed by atoms with E-state index in [1.165, 1.54) is 0 Å². The van der Waals surface area contributed by atoms with Crippen LogP contribution in [0.25, 0.3) is 0 Å². The number of aryl methyl sites for hydroxylation is 1. The average Bonchev–Trinajstić information content (AvgIpc) is 2.49. The molecule has 1 rings (SSSR count). The second kappa shape index (κ2) is 5.43. The molecule has 1 N–H and O–H groups in total. The van der Waals surface area contributed by atoms with Crippen molar-refractivity contribution in [1.82, 2.24) is 20.1 Å². The third-order valence-corrected chi connectivity index (χ3v) is 2.59. The molecule has 0 aliphatic rings. The van der Waals surface area contributed by atoms with Crippen LogP contribution in [0.1, 0.15) is 39.9 Å². The van der Waals surface area contributed by atoms with Crippen LogP contribution in [-0.2, 0) is 13.5 Å². The van der Waals surface area contributed by atoms with Gasteiger partial charge in [0.25, 0.3) is 0 Å². The average molecular weight is 224 g/mol.